The van der Waals surface area contributed by atoms with Crippen LogP contribution in [0.4, 0.5) is 0 Å². The van der Waals surface area contributed by atoms with Crippen molar-refractivity contribution >= 4 is 46.6 Å². The Balaban J connectivity index is 3.23. The number of pyridine rings is 1. The summed E-state index contributed by atoms with van der Waals surface area (Å²) in [6, 6.07) is 0. The van der Waals surface area contributed by atoms with E-state index in [0.29, 0.717) is 0 Å². The lowest BCUT2D eigenvalue weighted by Crippen LogP contribution is -2.17. The van der Waals surface area contributed by atoms with Crippen molar-refractivity contribution in [2.24, 2.45) is 0 Å². The molecule has 1 heterocycles. The topological polar surface area (TPSA) is 65.5 Å². The first-order chi connectivity index (χ1) is 9.93. The average Bonchev–Trinajstić information content (AvgIpc) is 2.45. The zero-order valence-electron chi connectivity index (χ0n) is 11.3. The Morgan fingerprint density at radius 2 is 1.86 bits per heavy atom. The van der Waals surface area contributed by atoms with Crippen molar-refractivity contribution in [3.8, 4) is 0 Å². The summed E-state index contributed by atoms with van der Waals surface area (Å²) in [6.45, 7) is 3.72. The first kappa shape index (κ1) is 17.8. The molecular weight excluding hydrogens is 341 g/mol. The van der Waals surface area contributed by atoms with Crippen LogP contribution in [-0.4, -0.2) is 30.0 Å². The maximum atomic E-state index is 12.4. The molecule has 21 heavy (non-hydrogen) atoms. The van der Waals surface area contributed by atoms with Crippen LogP contribution in [0.15, 0.2) is 18.0 Å². The molecule has 0 atom stereocenters. The predicted molar refractivity (Wildman–Crippen MR) is 79.9 cm³/mol. The molecule has 8 heteroatoms. The SMILES string of the molecule is CCOC=C(C(=O)OCC)C(=O)c1cnc(Cl)c(Cl)c1Cl. The normalized spacial score (nSPS) is 11.2. The van der Waals surface area contributed by atoms with Crippen molar-refractivity contribution < 1.29 is 19.1 Å². The van der Waals surface area contributed by atoms with Crippen molar-refractivity contribution in [2.75, 3.05) is 13.2 Å². The molecule has 0 N–H and O–H groups in total. The van der Waals surface area contributed by atoms with E-state index in [0.717, 1.165) is 12.5 Å². The van der Waals surface area contributed by atoms with E-state index in [1.165, 1.54) is 0 Å². The molecule has 1 rings (SSSR count). The Morgan fingerprint density at radius 1 is 1.19 bits per heavy atom. The molecule has 1 aromatic rings. The van der Waals surface area contributed by atoms with Gasteiger partial charge in [-0.2, -0.15) is 0 Å². The number of Topliss-reactive ketones (excluding diaryl/α,β-unsaturated/α-hetero) is 1. The molecule has 0 saturated carbocycles. The summed E-state index contributed by atoms with van der Waals surface area (Å²) in [6.07, 6.45) is 2.16. The third-order valence-corrected chi connectivity index (χ3v) is 3.51. The van der Waals surface area contributed by atoms with E-state index in [4.69, 9.17) is 44.3 Å². The van der Waals surface area contributed by atoms with Gasteiger partial charge in [-0.25, -0.2) is 9.78 Å². The van der Waals surface area contributed by atoms with E-state index in [-0.39, 0.29) is 39.5 Å². The van der Waals surface area contributed by atoms with Gasteiger partial charge in [0, 0.05) is 6.20 Å². The summed E-state index contributed by atoms with van der Waals surface area (Å²) in [7, 11) is 0. The van der Waals surface area contributed by atoms with E-state index >= 15 is 0 Å². The third kappa shape index (κ3) is 4.33. The maximum Gasteiger partial charge on any atom is 0.345 e. The number of hydrogen-bond acceptors (Lipinski definition) is 5. The van der Waals surface area contributed by atoms with E-state index < -0.39 is 11.8 Å². The lowest BCUT2D eigenvalue weighted by molar-refractivity contribution is -0.138. The van der Waals surface area contributed by atoms with E-state index in [2.05, 4.69) is 4.98 Å². The second-order valence-corrected chi connectivity index (χ2v) is 4.74. The number of hydrogen-bond donors (Lipinski definition) is 0. The van der Waals surface area contributed by atoms with Crippen molar-refractivity contribution in [1.82, 2.24) is 4.98 Å². The molecule has 0 saturated heterocycles. The number of esters is 1. The van der Waals surface area contributed by atoms with Gasteiger partial charge in [0.1, 0.15) is 17.0 Å². The maximum absolute atomic E-state index is 12.4. The molecule has 1 aromatic heterocycles. The van der Waals surface area contributed by atoms with Gasteiger partial charge in [-0.1, -0.05) is 34.8 Å². The van der Waals surface area contributed by atoms with Gasteiger partial charge >= 0.3 is 5.97 Å². The van der Waals surface area contributed by atoms with E-state index in [9.17, 15) is 9.59 Å². The van der Waals surface area contributed by atoms with Crippen molar-refractivity contribution in [3.05, 3.63) is 38.8 Å². The van der Waals surface area contributed by atoms with Gasteiger partial charge in [0.05, 0.1) is 28.8 Å². The Labute approximate surface area is 136 Å². The van der Waals surface area contributed by atoms with Gasteiger partial charge in [0.25, 0.3) is 0 Å². The standard InChI is InChI=1S/C13H12Cl3NO4/c1-3-20-6-8(13(19)21-4-2)11(18)7-5-17-12(16)10(15)9(7)14/h5-6H,3-4H2,1-2H3. The van der Waals surface area contributed by atoms with Crippen LogP contribution < -0.4 is 0 Å². The summed E-state index contributed by atoms with van der Waals surface area (Å²) in [5.41, 5.74) is -0.370. The van der Waals surface area contributed by atoms with Crippen LogP contribution in [0.1, 0.15) is 24.2 Å². The van der Waals surface area contributed by atoms with Crippen LogP contribution in [0.3, 0.4) is 0 Å². The highest BCUT2D eigenvalue weighted by molar-refractivity contribution is 6.49. The van der Waals surface area contributed by atoms with Gasteiger partial charge in [0.2, 0.25) is 5.78 Å². The van der Waals surface area contributed by atoms with Gasteiger partial charge in [-0.3, -0.25) is 4.79 Å². The van der Waals surface area contributed by atoms with Crippen LogP contribution in [0, 0.1) is 0 Å². The van der Waals surface area contributed by atoms with Crippen molar-refractivity contribution in [1.29, 1.82) is 0 Å². The second-order valence-electron chi connectivity index (χ2n) is 3.63. The van der Waals surface area contributed by atoms with Crippen LogP contribution in [0.5, 0.6) is 0 Å². The van der Waals surface area contributed by atoms with Gasteiger partial charge < -0.3 is 9.47 Å². The van der Waals surface area contributed by atoms with Crippen LogP contribution in [-0.2, 0) is 14.3 Å². The molecule has 0 amide bonds. The molecule has 0 spiro atoms. The number of nitrogens with zero attached hydrogens (tertiary/aromatic N) is 1. The molecule has 0 radical (unpaired) electrons. The number of ether oxygens (including phenoxy) is 2. The smallest absolute Gasteiger partial charge is 0.345 e. The highest BCUT2D eigenvalue weighted by atomic mass is 35.5. The van der Waals surface area contributed by atoms with Crippen molar-refractivity contribution in [3.63, 3.8) is 0 Å². The summed E-state index contributed by atoms with van der Waals surface area (Å²) < 4.78 is 9.80. The number of carbonyl (C=O) groups is 2. The molecule has 0 bridgehead atoms. The highest BCUT2D eigenvalue weighted by Gasteiger charge is 2.25. The zero-order chi connectivity index (χ0) is 16.0. The Morgan fingerprint density at radius 3 is 2.43 bits per heavy atom. The predicted octanol–water partition coefficient (Wildman–Crippen LogP) is 3.71. The molecular formula is C13H12Cl3NO4. The molecule has 5 nitrogen and oxygen atoms in total. The quantitative estimate of drug-likeness (QED) is 0.148. The van der Waals surface area contributed by atoms with Crippen LogP contribution in [0.2, 0.25) is 15.2 Å². The molecule has 0 unspecified atom stereocenters. The lowest BCUT2D eigenvalue weighted by atomic mass is 10.1. The Bertz CT molecular complexity index is 587. The average molecular weight is 353 g/mol. The highest BCUT2D eigenvalue weighted by Crippen LogP contribution is 2.32. The fourth-order valence-electron chi connectivity index (χ4n) is 1.32. The van der Waals surface area contributed by atoms with Crippen LogP contribution in [0.25, 0.3) is 0 Å². The zero-order valence-corrected chi connectivity index (χ0v) is 13.6. The number of ketones is 1. The minimum atomic E-state index is -0.821. The van der Waals surface area contributed by atoms with Gasteiger partial charge in [-0.05, 0) is 13.8 Å². The number of carbonyl (C=O) groups excluding carboxylic acids is 2. The Hall–Kier alpha value is -1.30. The number of aromatic nitrogens is 1. The lowest BCUT2D eigenvalue weighted by Gasteiger charge is -2.09. The minimum absolute atomic E-state index is 0.0373. The van der Waals surface area contributed by atoms with E-state index in [1.54, 1.807) is 13.8 Å². The third-order valence-electron chi connectivity index (χ3n) is 2.27. The summed E-state index contributed by atoms with van der Waals surface area (Å²) >= 11 is 17.5. The number of rotatable bonds is 6. The number of halogens is 3. The molecule has 0 aliphatic carbocycles. The minimum Gasteiger partial charge on any atom is -0.500 e. The van der Waals surface area contributed by atoms with Crippen molar-refractivity contribution in [2.45, 2.75) is 13.8 Å². The van der Waals surface area contributed by atoms with E-state index in [1.807, 2.05) is 0 Å². The second kappa shape index (κ2) is 8.22. The summed E-state index contributed by atoms with van der Waals surface area (Å²) in [4.78, 5) is 27.9. The molecule has 0 aliphatic rings. The first-order valence-corrected chi connectivity index (χ1v) is 7.10. The molecule has 114 valence electrons. The van der Waals surface area contributed by atoms with Crippen LogP contribution >= 0.6 is 34.8 Å². The Kier molecular flexibility index (Phi) is 6.95. The fourth-order valence-corrected chi connectivity index (χ4v) is 1.88. The molecule has 0 aromatic carbocycles. The monoisotopic (exact) mass is 351 g/mol. The molecule has 0 aliphatic heterocycles. The fraction of sp³-hybridized carbons (Fsp3) is 0.308. The first-order valence-electron chi connectivity index (χ1n) is 5.97. The molecule has 0 fully saturated rings. The summed E-state index contributed by atoms with van der Waals surface area (Å²) in [5, 5.41) is -0.193. The van der Waals surface area contributed by atoms with Gasteiger partial charge in [-0.15, -0.1) is 0 Å². The summed E-state index contributed by atoms with van der Waals surface area (Å²) in [5.74, 6) is -1.53. The van der Waals surface area contributed by atoms with Gasteiger partial charge in [0.15, 0.2) is 0 Å². The largest absolute Gasteiger partial charge is 0.500 e.